The van der Waals surface area contributed by atoms with Crippen LogP contribution in [0, 0.1) is 5.92 Å². The van der Waals surface area contributed by atoms with E-state index < -0.39 is 0 Å². The van der Waals surface area contributed by atoms with Crippen molar-refractivity contribution in [3.05, 3.63) is 48.4 Å². The number of hydrogen-bond acceptors (Lipinski definition) is 4. The molecule has 5 heteroatoms. The smallest absolute Gasteiger partial charge is 0.225 e. The number of carbonyl (C=O) groups excluding carboxylic acids is 1. The zero-order valence-electron chi connectivity index (χ0n) is 11.7. The summed E-state index contributed by atoms with van der Waals surface area (Å²) in [5.74, 6) is 0.0567. The van der Waals surface area contributed by atoms with Gasteiger partial charge in [-0.2, -0.15) is 0 Å². The van der Waals surface area contributed by atoms with Crippen LogP contribution >= 0.6 is 0 Å². The molecule has 0 aromatic carbocycles. The van der Waals surface area contributed by atoms with E-state index in [0.29, 0.717) is 19.8 Å². The van der Waals surface area contributed by atoms with Crippen LogP contribution in [0.15, 0.2) is 42.9 Å². The minimum Gasteiger partial charge on any atom is -0.381 e. The maximum absolute atomic E-state index is 12.0. The molecule has 0 aliphatic carbocycles. The maximum Gasteiger partial charge on any atom is 0.225 e. The van der Waals surface area contributed by atoms with Crippen molar-refractivity contribution in [1.82, 2.24) is 15.3 Å². The van der Waals surface area contributed by atoms with Crippen LogP contribution in [0.1, 0.15) is 12.0 Å². The normalized spacial score (nSPS) is 17.6. The Labute approximate surface area is 123 Å². The summed E-state index contributed by atoms with van der Waals surface area (Å²) in [5, 5.41) is 2.96. The van der Waals surface area contributed by atoms with Gasteiger partial charge in [0, 0.05) is 37.3 Å². The van der Waals surface area contributed by atoms with Crippen LogP contribution in [0.2, 0.25) is 0 Å². The quantitative estimate of drug-likeness (QED) is 0.929. The first-order valence-corrected chi connectivity index (χ1v) is 7.04. The first-order chi connectivity index (χ1) is 10.3. The summed E-state index contributed by atoms with van der Waals surface area (Å²) in [6.07, 6.45) is 6.05. The van der Waals surface area contributed by atoms with E-state index in [1.54, 1.807) is 18.6 Å². The zero-order chi connectivity index (χ0) is 14.5. The van der Waals surface area contributed by atoms with E-state index >= 15 is 0 Å². The van der Waals surface area contributed by atoms with Gasteiger partial charge >= 0.3 is 0 Å². The number of amides is 1. The van der Waals surface area contributed by atoms with Crippen molar-refractivity contribution in [1.29, 1.82) is 0 Å². The van der Waals surface area contributed by atoms with Crippen molar-refractivity contribution in [2.45, 2.75) is 13.0 Å². The Hall–Kier alpha value is -2.27. The van der Waals surface area contributed by atoms with Crippen LogP contribution in [0.25, 0.3) is 11.3 Å². The Morgan fingerprint density at radius 3 is 2.90 bits per heavy atom. The summed E-state index contributed by atoms with van der Waals surface area (Å²) >= 11 is 0. The highest BCUT2D eigenvalue weighted by molar-refractivity contribution is 5.79. The summed E-state index contributed by atoms with van der Waals surface area (Å²) in [4.78, 5) is 20.3. The van der Waals surface area contributed by atoms with E-state index in [1.807, 2.05) is 24.3 Å². The lowest BCUT2D eigenvalue weighted by Crippen LogP contribution is -2.30. The number of aromatic nitrogens is 2. The first kappa shape index (κ1) is 13.7. The van der Waals surface area contributed by atoms with E-state index in [-0.39, 0.29) is 11.8 Å². The van der Waals surface area contributed by atoms with Gasteiger partial charge in [-0.15, -0.1) is 0 Å². The Bertz CT molecular complexity index is 610. The minimum absolute atomic E-state index is 0.00787. The van der Waals surface area contributed by atoms with E-state index in [0.717, 1.165) is 23.2 Å². The van der Waals surface area contributed by atoms with Gasteiger partial charge in [-0.25, -0.2) is 0 Å². The minimum atomic E-state index is -0.00787. The number of hydrogen-bond donors (Lipinski definition) is 1. The van der Waals surface area contributed by atoms with Crippen molar-refractivity contribution < 1.29 is 9.53 Å². The molecule has 21 heavy (non-hydrogen) atoms. The molecule has 0 radical (unpaired) electrons. The van der Waals surface area contributed by atoms with Crippen LogP contribution < -0.4 is 5.32 Å². The van der Waals surface area contributed by atoms with Crippen LogP contribution in [0.4, 0.5) is 0 Å². The fraction of sp³-hybridized carbons (Fsp3) is 0.312. The second-order valence-corrected chi connectivity index (χ2v) is 5.06. The molecule has 1 unspecified atom stereocenters. The second kappa shape index (κ2) is 6.45. The van der Waals surface area contributed by atoms with Gasteiger partial charge < -0.3 is 10.1 Å². The van der Waals surface area contributed by atoms with Gasteiger partial charge in [-0.05, 0) is 36.2 Å². The average molecular weight is 283 g/mol. The molecule has 108 valence electrons. The van der Waals surface area contributed by atoms with Gasteiger partial charge in [0.15, 0.2) is 0 Å². The summed E-state index contributed by atoms with van der Waals surface area (Å²) < 4.78 is 5.23. The standard InChI is InChI=1S/C16H17N3O2/c20-16(14-4-8-21-11-14)19-10-12-1-7-18-15(9-12)13-2-5-17-6-3-13/h1-3,5-7,9,14H,4,8,10-11H2,(H,19,20). The van der Waals surface area contributed by atoms with E-state index in [1.165, 1.54) is 0 Å². The predicted octanol–water partition coefficient (Wildman–Crippen LogP) is 1.80. The monoisotopic (exact) mass is 283 g/mol. The number of pyridine rings is 2. The molecule has 1 aliphatic rings. The Morgan fingerprint density at radius 2 is 2.14 bits per heavy atom. The van der Waals surface area contributed by atoms with Gasteiger partial charge in [0.25, 0.3) is 0 Å². The number of carbonyl (C=O) groups is 1. The molecule has 1 saturated heterocycles. The molecule has 2 aromatic heterocycles. The molecule has 3 rings (SSSR count). The lowest BCUT2D eigenvalue weighted by atomic mass is 10.1. The highest BCUT2D eigenvalue weighted by Gasteiger charge is 2.22. The Kier molecular flexibility index (Phi) is 4.21. The van der Waals surface area contributed by atoms with Crippen molar-refractivity contribution >= 4 is 5.91 Å². The van der Waals surface area contributed by atoms with Crippen LogP contribution in [0.3, 0.4) is 0 Å². The lowest BCUT2D eigenvalue weighted by molar-refractivity contribution is -0.125. The predicted molar refractivity (Wildman–Crippen MR) is 78.2 cm³/mol. The summed E-state index contributed by atoms with van der Waals surface area (Å²) in [6, 6.07) is 7.73. The van der Waals surface area contributed by atoms with Gasteiger partial charge in [-0.3, -0.25) is 14.8 Å². The molecule has 1 fully saturated rings. The molecule has 5 nitrogen and oxygen atoms in total. The number of nitrogens with zero attached hydrogens (tertiary/aromatic N) is 2. The highest BCUT2D eigenvalue weighted by Crippen LogP contribution is 2.17. The van der Waals surface area contributed by atoms with Crippen molar-refractivity contribution in [3.8, 4) is 11.3 Å². The highest BCUT2D eigenvalue weighted by atomic mass is 16.5. The van der Waals surface area contributed by atoms with Crippen molar-refractivity contribution in [2.75, 3.05) is 13.2 Å². The molecule has 2 aromatic rings. The Balaban J connectivity index is 1.65. The van der Waals surface area contributed by atoms with Crippen molar-refractivity contribution in [2.24, 2.45) is 5.92 Å². The van der Waals surface area contributed by atoms with Gasteiger partial charge in [0.05, 0.1) is 18.2 Å². The lowest BCUT2D eigenvalue weighted by Gasteiger charge is -2.10. The molecule has 3 heterocycles. The maximum atomic E-state index is 12.0. The molecule has 1 N–H and O–H groups in total. The number of ether oxygens (including phenoxy) is 1. The SMILES string of the molecule is O=C(NCc1ccnc(-c2ccncc2)c1)C1CCOC1. The third-order valence-corrected chi connectivity index (χ3v) is 3.57. The topological polar surface area (TPSA) is 64.1 Å². The molecule has 0 bridgehead atoms. The molecule has 0 saturated carbocycles. The Morgan fingerprint density at radius 1 is 1.29 bits per heavy atom. The molecule has 1 amide bonds. The third-order valence-electron chi connectivity index (χ3n) is 3.57. The van der Waals surface area contributed by atoms with Gasteiger partial charge in [-0.1, -0.05) is 0 Å². The zero-order valence-corrected chi connectivity index (χ0v) is 11.7. The number of nitrogens with one attached hydrogen (secondary N) is 1. The van der Waals surface area contributed by atoms with E-state index in [2.05, 4.69) is 15.3 Å². The number of rotatable bonds is 4. The molecule has 0 spiro atoms. The van der Waals surface area contributed by atoms with E-state index in [9.17, 15) is 4.79 Å². The summed E-state index contributed by atoms with van der Waals surface area (Å²) in [6.45, 7) is 1.72. The van der Waals surface area contributed by atoms with Crippen molar-refractivity contribution in [3.63, 3.8) is 0 Å². The summed E-state index contributed by atoms with van der Waals surface area (Å²) in [7, 11) is 0. The average Bonchev–Trinajstić information content (AvgIpc) is 3.08. The second-order valence-electron chi connectivity index (χ2n) is 5.06. The van der Waals surface area contributed by atoms with Crippen LogP contribution in [-0.4, -0.2) is 29.1 Å². The van der Waals surface area contributed by atoms with E-state index in [4.69, 9.17) is 4.74 Å². The molecular formula is C16H17N3O2. The largest absolute Gasteiger partial charge is 0.381 e. The third kappa shape index (κ3) is 3.44. The fourth-order valence-electron chi connectivity index (χ4n) is 2.34. The van der Waals surface area contributed by atoms with Crippen LogP contribution in [-0.2, 0) is 16.1 Å². The molecular weight excluding hydrogens is 266 g/mol. The van der Waals surface area contributed by atoms with Crippen LogP contribution in [0.5, 0.6) is 0 Å². The van der Waals surface area contributed by atoms with Gasteiger partial charge in [0.1, 0.15) is 0 Å². The first-order valence-electron chi connectivity index (χ1n) is 7.04. The molecule has 1 atom stereocenters. The fourth-order valence-corrected chi connectivity index (χ4v) is 2.34. The summed E-state index contributed by atoms with van der Waals surface area (Å²) in [5.41, 5.74) is 2.93. The van der Waals surface area contributed by atoms with Gasteiger partial charge in [0.2, 0.25) is 5.91 Å². The molecule has 1 aliphatic heterocycles.